The molecule has 0 saturated heterocycles. The van der Waals surface area contributed by atoms with E-state index in [1.807, 2.05) is 33.9 Å². The van der Waals surface area contributed by atoms with E-state index in [2.05, 4.69) is 52.8 Å². The first-order chi connectivity index (χ1) is 36.4. The van der Waals surface area contributed by atoms with Gasteiger partial charge in [0.1, 0.15) is 18.4 Å². The van der Waals surface area contributed by atoms with Crippen LogP contribution in [0.15, 0.2) is 54.1 Å². The number of methoxy groups -OCH3 is 1. The molecular formula is C54H80FN10O10Pb. The molecule has 1 aliphatic heterocycles. The zero-order valence-electron chi connectivity index (χ0n) is 45.5. The summed E-state index contributed by atoms with van der Waals surface area (Å²) in [5, 5.41) is 12.3. The Labute approximate surface area is 462 Å². The molecule has 3 atom stereocenters. The van der Waals surface area contributed by atoms with E-state index in [9.17, 15) is 33.6 Å². The fraction of sp³-hybridized carbons (Fsp3) is 0.500. The number of amides is 5. The number of hydrogen-bond donors (Lipinski definition) is 7. The number of fused-ring (bicyclic) bond motifs is 4. The van der Waals surface area contributed by atoms with Crippen molar-refractivity contribution in [2.45, 2.75) is 121 Å². The van der Waals surface area contributed by atoms with E-state index in [0.29, 0.717) is 71.3 Å². The second-order valence-corrected chi connectivity index (χ2v) is 19.2. The number of primary amides is 2. The van der Waals surface area contributed by atoms with E-state index >= 15 is 4.39 Å². The number of halogens is 1. The molecule has 5 amide bonds. The van der Waals surface area contributed by atoms with Crippen molar-refractivity contribution in [1.82, 2.24) is 35.7 Å². The van der Waals surface area contributed by atoms with Gasteiger partial charge in [0.25, 0.3) is 5.56 Å². The van der Waals surface area contributed by atoms with Gasteiger partial charge in [0, 0.05) is 61.3 Å². The van der Waals surface area contributed by atoms with Gasteiger partial charge in [0.15, 0.2) is 0 Å². The van der Waals surface area contributed by atoms with E-state index < -0.39 is 24.0 Å². The van der Waals surface area contributed by atoms with Crippen LogP contribution in [0.5, 0.6) is 0 Å². The third kappa shape index (κ3) is 20.4. The minimum Gasteiger partial charge on any atom is -0.372 e. The summed E-state index contributed by atoms with van der Waals surface area (Å²) in [6, 6.07) is 2.86. The predicted octanol–water partition coefficient (Wildman–Crippen LogP) is 3.67. The second-order valence-electron chi connectivity index (χ2n) is 17.3. The van der Waals surface area contributed by atoms with Crippen LogP contribution in [0.4, 0.5) is 4.39 Å². The molecule has 3 aliphatic rings. The van der Waals surface area contributed by atoms with Gasteiger partial charge in [-0.25, -0.2) is 9.37 Å². The minimum absolute atomic E-state index is 0.0284. The van der Waals surface area contributed by atoms with E-state index in [1.54, 1.807) is 23.4 Å². The van der Waals surface area contributed by atoms with Crippen LogP contribution in [0.2, 0.25) is 3.98 Å². The maximum absolute atomic E-state index is 15.3. The number of carbonyl (C=O) groups excluding carboxylic acids is 7. The summed E-state index contributed by atoms with van der Waals surface area (Å²) in [6.07, 6.45) is 9.84. The zero-order valence-corrected chi connectivity index (χ0v) is 49.4. The standard InChI is InChI=1S/C35H40FN4O6.C11H17N3O3.C3H9N.C2H5N.C2H6.CH3NO.Pb/c1-5-7-29(42)37-17-46-33(20-8-9-20)34(43)39-26-11-10-21-18(3)25(36)13-27-30(21)31(26)23-14-40-28(32(23)38-27)12-22(19(6-2)15-41)24(16-45-4)35(40)44;1-9(4-3-7-15)14(2)8-11(17)13-6-5-10(12)16;1-3-4-2;1-2-3;1-2;2-1-3;/h12-13,15,19-20,26,33H,1,5-11,14,16-17H2,2-4H3,(H,37,42)(H,39,43);3-4,7H,1,5-6,8H2,2H3,(H2,12,16)(H,13,17);4H,3H2,1-2H3;2H,1,3H2;1-2H3;1H,(H2,2,3);/b;4-3-;;;;;. The summed E-state index contributed by atoms with van der Waals surface area (Å²) in [4.78, 5) is 99.0. The van der Waals surface area contributed by atoms with Gasteiger partial charge in [0.2, 0.25) is 18.2 Å². The predicted molar refractivity (Wildman–Crippen MR) is 294 cm³/mol. The number of aryl methyl sites for hydroxylation is 1. The summed E-state index contributed by atoms with van der Waals surface area (Å²) in [5.74, 6) is -1.79. The Bertz CT molecular complexity index is 2530. The number of likely N-dealkylation sites (N-methyl/N-ethyl adjacent to an activating group) is 1. The summed E-state index contributed by atoms with van der Waals surface area (Å²) < 4.78 is 29.3. The molecule has 20 nitrogen and oxygen atoms in total. The summed E-state index contributed by atoms with van der Waals surface area (Å²) >= 11 is 1.06. The van der Waals surface area contributed by atoms with Crippen LogP contribution < -0.4 is 44.0 Å². The molecule has 3 unspecified atom stereocenters. The number of aldehydes is 2. The number of aromatic nitrogens is 2. The smallest absolute Gasteiger partial charge is 0.372 e. The molecule has 0 spiro atoms. The number of nitrogens with one attached hydrogen (secondary N) is 4. The molecule has 417 valence electrons. The van der Waals surface area contributed by atoms with Gasteiger partial charge in [-0.1, -0.05) is 40.9 Å². The molecule has 6 rings (SSSR count). The van der Waals surface area contributed by atoms with Crippen LogP contribution in [-0.2, 0) is 62.6 Å². The van der Waals surface area contributed by atoms with Crippen molar-refractivity contribution in [3.05, 3.63) is 98.9 Å². The molecule has 1 fully saturated rings. The van der Waals surface area contributed by atoms with E-state index in [4.69, 9.17) is 25.0 Å². The van der Waals surface area contributed by atoms with Crippen LogP contribution in [-0.4, -0.2) is 137 Å². The van der Waals surface area contributed by atoms with Gasteiger partial charge < -0.3 is 46.8 Å². The zero-order chi connectivity index (χ0) is 57.5. The van der Waals surface area contributed by atoms with Crippen LogP contribution in [0.3, 0.4) is 0 Å². The van der Waals surface area contributed by atoms with Gasteiger partial charge >= 0.3 is 129 Å². The first-order valence-corrected chi connectivity index (χ1v) is 28.1. The fourth-order valence-electron chi connectivity index (χ4n) is 8.12. The van der Waals surface area contributed by atoms with Crippen LogP contribution in [0.1, 0.15) is 118 Å². The first kappa shape index (κ1) is 67.8. The monoisotopic (exact) mass is 1260 g/mol. The number of benzene rings is 1. The third-order valence-electron chi connectivity index (χ3n) is 12.1. The number of carbonyl (C=O) groups is 7. The Morgan fingerprint density at radius 1 is 1.05 bits per heavy atom. The minimum atomic E-state index is -0.705. The average Bonchev–Trinajstić information content (AvgIpc) is 4.18. The number of pyridine rings is 2. The molecule has 1 saturated carbocycles. The number of ether oxygens (including phenoxy) is 2. The molecule has 1 aromatic carbocycles. The van der Waals surface area contributed by atoms with E-state index in [0.717, 1.165) is 83.9 Å². The molecule has 2 aromatic heterocycles. The van der Waals surface area contributed by atoms with Gasteiger partial charge in [-0.2, -0.15) is 0 Å². The molecule has 76 heavy (non-hydrogen) atoms. The van der Waals surface area contributed by atoms with E-state index in [1.165, 1.54) is 31.5 Å². The first-order valence-electron chi connectivity index (χ1n) is 25.3. The van der Waals surface area contributed by atoms with Crippen molar-refractivity contribution in [2.24, 2.45) is 23.1 Å². The van der Waals surface area contributed by atoms with Crippen molar-refractivity contribution < 1.29 is 47.4 Å². The third-order valence-corrected chi connectivity index (χ3v) is 13.5. The normalized spacial score (nSPS) is 13.9. The molecule has 10 N–H and O–H groups in total. The molecule has 3 aromatic rings. The van der Waals surface area contributed by atoms with Crippen LogP contribution in [0, 0.1) is 18.7 Å². The van der Waals surface area contributed by atoms with Crippen LogP contribution >= 0.6 is 0 Å². The Hall–Kier alpha value is -6.18. The second kappa shape index (κ2) is 36.7. The molecule has 2 aliphatic carbocycles. The Balaban J connectivity index is 0.000000826. The quantitative estimate of drug-likeness (QED) is 0.0183. The number of rotatable bonds is 23. The topological polar surface area (TPSA) is 302 Å². The summed E-state index contributed by atoms with van der Waals surface area (Å²) in [7, 11) is 5.12. The number of hydrogen-bond acceptors (Lipinski definition) is 14. The van der Waals surface area contributed by atoms with Gasteiger partial charge in [-0.15, -0.1) is 0 Å². The van der Waals surface area contributed by atoms with Gasteiger partial charge in [-0.3, -0.25) is 24.0 Å². The van der Waals surface area contributed by atoms with Crippen molar-refractivity contribution >= 4 is 79.3 Å². The number of nitrogens with two attached hydrogens (primary N) is 3. The van der Waals surface area contributed by atoms with Crippen molar-refractivity contribution in [3.63, 3.8) is 0 Å². The molecule has 3 heterocycles. The molecule has 3 radical (unpaired) electrons. The van der Waals surface area contributed by atoms with Gasteiger partial charge in [-0.05, 0) is 74.5 Å². The molecule has 22 heteroatoms. The van der Waals surface area contributed by atoms with Crippen molar-refractivity contribution in [2.75, 3.05) is 47.6 Å². The Kier molecular flexibility index (Phi) is 32.8. The van der Waals surface area contributed by atoms with Crippen molar-refractivity contribution in [1.29, 1.82) is 0 Å². The SMILES string of the molecule is C=C(/C=C\C=O)N(C)CC(=O)NCCC(N)=O.C=CN.CC.CCC(C=O)c1cc2n(c(=O)c1COC)Cc1c-2nc2cc(F)c(C)c3c2c1C(NC(=O)C(OCNC(=O)CC[CH2][Pb])C1CC1)CC3.CCNC.NC=O. The Morgan fingerprint density at radius 3 is 2.24 bits per heavy atom. The van der Waals surface area contributed by atoms with Crippen molar-refractivity contribution in [3.8, 4) is 11.4 Å². The molecular weight excluding hydrogens is 1170 g/mol. The number of allylic oxidation sites excluding steroid dienone is 2. The fourth-order valence-corrected chi connectivity index (χ4v) is 8.81. The maximum atomic E-state index is 15.3. The average molecular weight is 1260 g/mol. The van der Waals surface area contributed by atoms with Gasteiger partial charge in [0.05, 0.1) is 36.6 Å². The summed E-state index contributed by atoms with van der Waals surface area (Å²) in [6.45, 7) is 18.2. The molecule has 0 bridgehead atoms. The summed E-state index contributed by atoms with van der Waals surface area (Å²) in [5.41, 5.74) is 19.7. The van der Waals surface area contributed by atoms with Crippen LogP contribution in [0.25, 0.3) is 22.3 Å². The number of nitrogens with zero attached hydrogens (tertiary/aromatic N) is 3. The van der Waals surface area contributed by atoms with E-state index in [-0.39, 0.29) is 80.8 Å². The Morgan fingerprint density at radius 2 is 1.70 bits per heavy atom.